The summed E-state index contributed by atoms with van der Waals surface area (Å²) in [5.41, 5.74) is 2.25. The van der Waals surface area contributed by atoms with Gasteiger partial charge in [-0.1, -0.05) is 0 Å². The van der Waals surface area contributed by atoms with Crippen molar-refractivity contribution >= 4 is 5.91 Å². The molecule has 2 heterocycles. The normalized spacial score (nSPS) is 26.4. The van der Waals surface area contributed by atoms with E-state index in [0.717, 1.165) is 50.0 Å². The number of aromatic nitrogens is 2. The molecule has 1 aliphatic carbocycles. The number of carbonyl (C=O) groups is 1. The Morgan fingerprint density at radius 3 is 3.20 bits per heavy atom. The van der Waals surface area contributed by atoms with E-state index < -0.39 is 0 Å². The fraction of sp³-hybridized carbons (Fsp3) is 0.733. The van der Waals surface area contributed by atoms with Crippen molar-refractivity contribution in [3.8, 4) is 0 Å². The molecule has 2 unspecified atom stereocenters. The number of imidazole rings is 1. The number of hydrogen-bond donors (Lipinski definition) is 2. The first-order valence-electron chi connectivity index (χ1n) is 7.72. The van der Waals surface area contributed by atoms with Gasteiger partial charge in [0, 0.05) is 37.2 Å². The van der Waals surface area contributed by atoms with Gasteiger partial charge in [-0.15, -0.1) is 0 Å². The van der Waals surface area contributed by atoms with Crippen molar-refractivity contribution in [2.45, 2.75) is 51.0 Å². The van der Waals surface area contributed by atoms with E-state index >= 15 is 0 Å². The number of nitrogens with one attached hydrogen (secondary N) is 1. The van der Waals surface area contributed by atoms with Crippen LogP contribution in [-0.4, -0.2) is 45.1 Å². The summed E-state index contributed by atoms with van der Waals surface area (Å²) in [6.45, 7) is 1.03. The van der Waals surface area contributed by atoms with Crippen LogP contribution < -0.4 is 0 Å². The Morgan fingerprint density at radius 1 is 1.45 bits per heavy atom. The van der Waals surface area contributed by atoms with Crippen molar-refractivity contribution in [2.24, 2.45) is 5.92 Å². The lowest BCUT2D eigenvalue weighted by Gasteiger charge is -2.38. The number of aliphatic hydroxyl groups excluding tert-OH is 1. The minimum Gasteiger partial charge on any atom is -0.396 e. The maximum atomic E-state index is 12.8. The number of piperidine rings is 1. The highest BCUT2D eigenvalue weighted by Crippen LogP contribution is 2.28. The van der Waals surface area contributed by atoms with E-state index in [2.05, 4.69) is 9.97 Å². The van der Waals surface area contributed by atoms with Crippen molar-refractivity contribution in [3.05, 3.63) is 17.7 Å². The van der Waals surface area contributed by atoms with Crippen molar-refractivity contribution in [3.63, 3.8) is 0 Å². The maximum absolute atomic E-state index is 12.8. The standard InChI is InChI=1S/C15H23N3O2/c19-8-6-12-3-1-2-7-18(12)15(20)11-4-5-13-14(9-11)17-10-16-13/h10-12,19H,1-9H2,(H,16,17). The van der Waals surface area contributed by atoms with Crippen molar-refractivity contribution < 1.29 is 9.90 Å². The summed E-state index contributed by atoms with van der Waals surface area (Å²) >= 11 is 0. The number of likely N-dealkylation sites (tertiary alicyclic amines) is 1. The number of carbonyl (C=O) groups excluding carboxylic acids is 1. The van der Waals surface area contributed by atoms with Crippen LogP contribution in [0, 0.1) is 5.92 Å². The molecule has 110 valence electrons. The molecule has 1 aromatic rings. The van der Waals surface area contributed by atoms with Crippen LogP contribution in [0.5, 0.6) is 0 Å². The number of nitrogens with zero attached hydrogens (tertiary/aromatic N) is 2. The van der Waals surface area contributed by atoms with Gasteiger partial charge in [0.05, 0.1) is 12.0 Å². The maximum Gasteiger partial charge on any atom is 0.226 e. The van der Waals surface area contributed by atoms with Crippen LogP contribution in [0.15, 0.2) is 6.33 Å². The molecular weight excluding hydrogens is 254 g/mol. The third-order valence-corrected chi connectivity index (χ3v) is 4.71. The molecule has 5 heteroatoms. The van der Waals surface area contributed by atoms with Crippen LogP contribution in [0.4, 0.5) is 0 Å². The first-order valence-corrected chi connectivity index (χ1v) is 7.72. The summed E-state index contributed by atoms with van der Waals surface area (Å²) in [7, 11) is 0. The molecule has 2 atom stereocenters. The fourth-order valence-corrected chi connectivity index (χ4v) is 3.59. The van der Waals surface area contributed by atoms with Gasteiger partial charge in [-0.05, 0) is 38.5 Å². The number of aromatic amines is 1. The SMILES string of the molecule is O=C(C1CCc2nc[nH]c2C1)N1CCCCC1CCO. The van der Waals surface area contributed by atoms with E-state index in [1.165, 1.54) is 6.42 Å². The lowest BCUT2D eigenvalue weighted by molar-refractivity contribution is -0.140. The molecule has 0 radical (unpaired) electrons. The number of fused-ring (bicyclic) bond motifs is 1. The molecule has 0 aromatic carbocycles. The number of aliphatic hydroxyl groups is 1. The molecule has 20 heavy (non-hydrogen) atoms. The second-order valence-electron chi connectivity index (χ2n) is 5.96. The molecule has 1 aliphatic heterocycles. The van der Waals surface area contributed by atoms with E-state index in [4.69, 9.17) is 0 Å². The molecule has 1 saturated heterocycles. The predicted molar refractivity (Wildman–Crippen MR) is 75.2 cm³/mol. The summed E-state index contributed by atoms with van der Waals surface area (Å²) in [6, 6.07) is 0.240. The van der Waals surface area contributed by atoms with Gasteiger partial charge in [-0.2, -0.15) is 0 Å². The molecule has 1 fully saturated rings. The molecule has 5 nitrogen and oxygen atoms in total. The molecular formula is C15H23N3O2. The van der Waals surface area contributed by atoms with E-state index in [0.29, 0.717) is 6.42 Å². The zero-order valence-electron chi connectivity index (χ0n) is 11.8. The molecule has 3 rings (SSSR count). The van der Waals surface area contributed by atoms with Crippen molar-refractivity contribution in [1.29, 1.82) is 0 Å². The van der Waals surface area contributed by atoms with Gasteiger partial charge < -0.3 is 15.0 Å². The summed E-state index contributed by atoms with van der Waals surface area (Å²) in [5, 5.41) is 9.18. The number of rotatable bonds is 3. The monoisotopic (exact) mass is 277 g/mol. The highest BCUT2D eigenvalue weighted by atomic mass is 16.3. The van der Waals surface area contributed by atoms with Gasteiger partial charge >= 0.3 is 0 Å². The number of H-pyrrole nitrogens is 1. The summed E-state index contributed by atoms with van der Waals surface area (Å²) < 4.78 is 0. The summed E-state index contributed by atoms with van der Waals surface area (Å²) in [4.78, 5) is 22.3. The third kappa shape index (κ3) is 2.59. The first-order chi connectivity index (χ1) is 9.79. The highest BCUT2D eigenvalue weighted by Gasteiger charge is 2.33. The van der Waals surface area contributed by atoms with Gasteiger partial charge in [-0.3, -0.25) is 4.79 Å². The van der Waals surface area contributed by atoms with E-state index in [1.54, 1.807) is 6.33 Å². The zero-order chi connectivity index (χ0) is 13.9. The predicted octanol–water partition coefficient (Wildman–Crippen LogP) is 1.28. The second-order valence-corrected chi connectivity index (χ2v) is 5.96. The molecule has 0 saturated carbocycles. The molecule has 0 spiro atoms. The minimum atomic E-state index is 0.0854. The number of aryl methyl sites for hydroxylation is 1. The molecule has 1 amide bonds. The van der Waals surface area contributed by atoms with Crippen molar-refractivity contribution in [2.75, 3.05) is 13.2 Å². The Balaban J connectivity index is 1.68. The van der Waals surface area contributed by atoms with Crippen molar-refractivity contribution in [1.82, 2.24) is 14.9 Å². The average molecular weight is 277 g/mol. The molecule has 1 aromatic heterocycles. The van der Waals surface area contributed by atoms with Crippen LogP contribution in [0.1, 0.15) is 43.5 Å². The quantitative estimate of drug-likeness (QED) is 0.874. The second kappa shape index (κ2) is 5.95. The third-order valence-electron chi connectivity index (χ3n) is 4.71. The van der Waals surface area contributed by atoms with Crippen LogP contribution >= 0.6 is 0 Å². The molecule has 0 bridgehead atoms. The fourth-order valence-electron chi connectivity index (χ4n) is 3.59. The van der Waals surface area contributed by atoms with E-state index in [-0.39, 0.29) is 24.5 Å². The van der Waals surface area contributed by atoms with E-state index in [9.17, 15) is 9.90 Å². The smallest absolute Gasteiger partial charge is 0.226 e. The molecule has 2 N–H and O–H groups in total. The first kappa shape index (κ1) is 13.6. The van der Waals surface area contributed by atoms with Crippen LogP contribution in [0.3, 0.4) is 0 Å². The lowest BCUT2D eigenvalue weighted by atomic mass is 9.87. The van der Waals surface area contributed by atoms with Gasteiger partial charge in [-0.25, -0.2) is 4.98 Å². The summed E-state index contributed by atoms with van der Waals surface area (Å²) in [5.74, 6) is 0.366. The van der Waals surface area contributed by atoms with Gasteiger partial charge in [0.1, 0.15) is 0 Å². The lowest BCUT2D eigenvalue weighted by Crippen LogP contribution is -2.47. The largest absolute Gasteiger partial charge is 0.396 e. The number of hydrogen-bond acceptors (Lipinski definition) is 3. The summed E-state index contributed by atoms with van der Waals surface area (Å²) in [6.07, 6.45) is 8.33. The Hall–Kier alpha value is -1.36. The Bertz CT molecular complexity index is 469. The van der Waals surface area contributed by atoms with Gasteiger partial charge in [0.15, 0.2) is 0 Å². The Morgan fingerprint density at radius 2 is 2.35 bits per heavy atom. The highest BCUT2D eigenvalue weighted by molar-refractivity contribution is 5.79. The Labute approximate surface area is 119 Å². The van der Waals surface area contributed by atoms with E-state index in [1.807, 2.05) is 4.90 Å². The van der Waals surface area contributed by atoms with Gasteiger partial charge in [0.25, 0.3) is 0 Å². The number of amides is 1. The Kier molecular flexibility index (Phi) is 4.05. The topological polar surface area (TPSA) is 69.2 Å². The van der Waals surface area contributed by atoms with Crippen LogP contribution in [-0.2, 0) is 17.6 Å². The average Bonchev–Trinajstić information content (AvgIpc) is 2.95. The van der Waals surface area contributed by atoms with Crippen LogP contribution in [0.25, 0.3) is 0 Å². The van der Waals surface area contributed by atoms with Crippen LogP contribution in [0.2, 0.25) is 0 Å². The minimum absolute atomic E-state index is 0.0854. The van der Waals surface area contributed by atoms with Gasteiger partial charge in [0.2, 0.25) is 5.91 Å². The zero-order valence-corrected chi connectivity index (χ0v) is 11.8. The molecule has 2 aliphatic rings.